The molecule has 0 unspecified atom stereocenters. The molecule has 0 radical (unpaired) electrons. The molecule has 0 aliphatic heterocycles. The second-order valence-corrected chi connectivity index (χ2v) is 4.03. The first-order chi connectivity index (χ1) is 8.28. The summed E-state index contributed by atoms with van der Waals surface area (Å²) in [6, 6.07) is 9.85. The van der Waals surface area contributed by atoms with Crippen molar-refractivity contribution in [1.29, 1.82) is 0 Å². The minimum Gasteiger partial charge on any atom is -0.390 e. The first-order valence-electron chi connectivity index (χ1n) is 5.39. The van der Waals surface area contributed by atoms with Crippen molar-refractivity contribution in [3.8, 4) is 11.4 Å². The van der Waals surface area contributed by atoms with Gasteiger partial charge in [0, 0.05) is 11.6 Å². The van der Waals surface area contributed by atoms with E-state index < -0.39 is 0 Å². The van der Waals surface area contributed by atoms with E-state index in [9.17, 15) is 0 Å². The minimum absolute atomic E-state index is 0.0311. The van der Waals surface area contributed by atoms with Crippen LogP contribution in [0.15, 0.2) is 30.3 Å². The van der Waals surface area contributed by atoms with Gasteiger partial charge in [-0.3, -0.25) is 5.10 Å². The fourth-order valence-corrected chi connectivity index (χ4v) is 1.88. The lowest BCUT2D eigenvalue weighted by Gasteiger charge is -1.99. The van der Waals surface area contributed by atoms with Crippen LogP contribution in [0.1, 0.15) is 11.3 Å². The molecule has 17 heavy (non-hydrogen) atoms. The van der Waals surface area contributed by atoms with Crippen LogP contribution in [0.4, 0.5) is 0 Å². The van der Waals surface area contributed by atoms with Gasteiger partial charge in [0.25, 0.3) is 0 Å². The van der Waals surface area contributed by atoms with E-state index in [1.54, 1.807) is 10.6 Å². The molecule has 2 aromatic heterocycles. The molecule has 0 atom stereocenters. The normalized spacial score (nSPS) is 11.2. The van der Waals surface area contributed by atoms with Gasteiger partial charge >= 0.3 is 0 Å². The summed E-state index contributed by atoms with van der Waals surface area (Å²) in [5.74, 6) is 0.753. The highest BCUT2D eigenvalue weighted by Crippen LogP contribution is 2.19. The molecular weight excluding hydrogens is 216 g/mol. The quantitative estimate of drug-likeness (QED) is 0.699. The number of aromatic amines is 1. The molecule has 2 heterocycles. The van der Waals surface area contributed by atoms with Crippen LogP contribution >= 0.6 is 0 Å². The molecular formula is C12H12N4O. The van der Waals surface area contributed by atoms with Gasteiger partial charge in [-0.05, 0) is 13.0 Å². The number of aromatic nitrogens is 4. The maximum atomic E-state index is 9.07. The summed E-state index contributed by atoms with van der Waals surface area (Å²) in [5.41, 5.74) is 3.62. The number of aryl methyl sites for hydroxylation is 1. The molecule has 5 nitrogen and oxygen atoms in total. The van der Waals surface area contributed by atoms with Crippen LogP contribution in [0, 0.1) is 6.92 Å². The lowest BCUT2D eigenvalue weighted by Crippen LogP contribution is -1.92. The third kappa shape index (κ3) is 1.60. The van der Waals surface area contributed by atoms with Crippen LogP contribution in [0.2, 0.25) is 0 Å². The van der Waals surface area contributed by atoms with Gasteiger partial charge in [-0.1, -0.05) is 23.8 Å². The molecule has 0 saturated heterocycles. The minimum atomic E-state index is -0.0311. The summed E-state index contributed by atoms with van der Waals surface area (Å²) in [6.45, 7) is 2.01. The van der Waals surface area contributed by atoms with Crippen molar-refractivity contribution in [2.75, 3.05) is 0 Å². The van der Waals surface area contributed by atoms with E-state index in [0.29, 0.717) is 5.65 Å². The maximum absolute atomic E-state index is 9.07. The van der Waals surface area contributed by atoms with Crippen molar-refractivity contribution in [3.63, 3.8) is 0 Å². The Morgan fingerprint density at radius 1 is 1.29 bits per heavy atom. The van der Waals surface area contributed by atoms with Crippen molar-refractivity contribution >= 4 is 5.65 Å². The van der Waals surface area contributed by atoms with Crippen molar-refractivity contribution in [2.45, 2.75) is 13.5 Å². The highest BCUT2D eigenvalue weighted by atomic mass is 16.3. The average molecular weight is 228 g/mol. The summed E-state index contributed by atoms with van der Waals surface area (Å²) in [5, 5.41) is 20.3. The number of nitrogens with zero attached hydrogens (tertiary/aromatic N) is 3. The molecule has 0 spiro atoms. The van der Waals surface area contributed by atoms with Gasteiger partial charge in [0.15, 0.2) is 11.5 Å². The summed E-state index contributed by atoms with van der Waals surface area (Å²) in [7, 11) is 0. The lowest BCUT2D eigenvalue weighted by atomic mass is 10.1. The van der Waals surface area contributed by atoms with E-state index in [-0.39, 0.29) is 6.61 Å². The van der Waals surface area contributed by atoms with E-state index in [0.717, 1.165) is 17.1 Å². The molecule has 3 rings (SSSR count). The number of aliphatic hydroxyl groups excluding tert-OH is 1. The Bertz CT molecular complexity index is 668. The van der Waals surface area contributed by atoms with Crippen molar-refractivity contribution in [2.24, 2.45) is 0 Å². The van der Waals surface area contributed by atoms with E-state index in [2.05, 4.69) is 21.4 Å². The molecule has 86 valence electrons. The number of H-pyrrole nitrogens is 1. The Labute approximate surface area is 97.7 Å². The molecule has 5 heteroatoms. The van der Waals surface area contributed by atoms with Gasteiger partial charge in [0.05, 0.1) is 12.3 Å². The van der Waals surface area contributed by atoms with Crippen LogP contribution in [0.3, 0.4) is 0 Å². The largest absolute Gasteiger partial charge is 0.390 e. The second kappa shape index (κ2) is 3.71. The van der Waals surface area contributed by atoms with Crippen LogP contribution in [0.5, 0.6) is 0 Å². The Morgan fingerprint density at radius 2 is 2.18 bits per heavy atom. The van der Waals surface area contributed by atoms with Gasteiger partial charge in [-0.25, -0.2) is 4.52 Å². The first-order valence-corrected chi connectivity index (χ1v) is 5.39. The number of fused-ring (bicyclic) bond motifs is 1. The van der Waals surface area contributed by atoms with Gasteiger partial charge in [0.1, 0.15) is 0 Å². The molecule has 0 aliphatic rings. The highest BCUT2D eigenvalue weighted by molar-refractivity contribution is 5.59. The number of hydrogen-bond donors (Lipinski definition) is 2. The third-order valence-electron chi connectivity index (χ3n) is 2.69. The third-order valence-corrected chi connectivity index (χ3v) is 2.69. The molecule has 3 aromatic rings. The Hall–Kier alpha value is -2.14. The van der Waals surface area contributed by atoms with Crippen molar-refractivity contribution in [3.05, 3.63) is 41.6 Å². The zero-order valence-corrected chi connectivity index (χ0v) is 9.38. The second-order valence-electron chi connectivity index (χ2n) is 4.03. The summed E-state index contributed by atoms with van der Waals surface area (Å²) >= 11 is 0. The van der Waals surface area contributed by atoms with Gasteiger partial charge in [0.2, 0.25) is 0 Å². The number of benzene rings is 1. The first kappa shape index (κ1) is 10.0. The smallest absolute Gasteiger partial charge is 0.183 e. The molecule has 1 aromatic carbocycles. The van der Waals surface area contributed by atoms with E-state index in [1.807, 2.05) is 25.1 Å². The van der Waals surface area contributed by atoms with E-state index in [4.69, 9.17) is 5.11 Å². The Balaban J connectivity index is 2.19. The molecule has 0 saturated carbocycles. The lowest BCUT2D eigenvalue weighted by molar-refractivity contribution is 0.276. The summed E-state index contributed by atoms with van der Waals surface area (Å²) in [4.78, 5) is 0. The van der Waals surface area contributed by atoms with Crippen LogP contribution in [-0.4, -0.2) is 24.9 Å². The maximum Gasteiger partial charge on any atom is 0.183 e. The zero-order chi connectivity index (χ0) is 11.8. The van der Waals surface area contributed by atoms with Gasteiger partial charge in [-0.15, -0.1) is 10.2 Å². The molecule has 0 fully saturated rings. The van der Waals surface area contributed by atoms with Gasteiger partial charge < -0.3 is 5.11 Å². The number of rotatable bonds is 2. The van der Waals surface area contributed by atoms with Crippen molar-refractivity contribution < 1.29 is 5.11 Å². The fourth-order valence-electron chi connectivity index (χ4n) is 1.88. The topological polar surface area (TPSA) is 66.2 Å². The van der Waals surface area contributed by atoms with Gasteiger partial charge in [-0.2, -0.15) is 0 Å². The van der Waals surface area contributed by atoms with Crippen LogP contribution < -0.4 is 0 Å². The van der Waals surface area contributed by atoms with Crippen molar-refractivity contribution in [1.82, 2.24) is 19.8 Å². The predicted octanol–water partition coefficient (Wildman–Crippen LogP) is 1.53. The highest BCUT2D eigenvalue weighted by Gasteiger charge is 2.10. The molecule has 0 aliphatic carbocycles. The Morgan fingerprint density at radius 3 is 2.94 bits per heavy atom. The predicted molar refractivity (Wildman–Crippen MR) is 63.4 cm³/mol. The number of nitrogens with one attached hydrogen (secondary N) is 1. The number of hydrogen-bond acceptors (Lipinski definition) is 3. The molecule has 2 N–H and O–H groups in total. The summed E-state index contributed by atoms with van der Waals surface area (Å²) < 4.78 is 1.78. The molecule has 0 bridgehead atoms. The van der Waals surface area contributed by atoms with Crippen LogP contribution in [0.25, 0.3) is 17.0 Å². The van der Waals surface area contributed by atoms with E-state index >= 15 is 0 Å². The average Bonchev–Trinajstić information content (AvgIpc) is 2.87. The Kier molecular flexibility index (Phi) is 2.19. The fraction of sp³-hybridized carbons (Fsp3) is 0.167. The molecule has 0 amide bonds. The number of aliphatic hydroxyl groups is 1. The SMILES string of the molecule is Cc1cccc(-c2nnc3cc(CO)[nH]n23)c1. The van der Waals surface area contributed by atoms with E-state index in [1.165, 1.54) is 5.56 Å². The standard InChI is InChI=1S/C12H12N4O/c1-8-3-2-4-9(5-8)12-14-13-11-6-10(7-17)15-16(11)12/h2-6,15,17H,7H2,1H3. The summed E-state index contributed by atoms with van der Waals surface area (Å²) in [6.07, 6.45) is 0. The monoisotopic (exact) mass is 228 g/mol. The van der Waals surface area contributed by atoms with Crippen LogP contribution in [-0.2, 0) is 6.61 Å². The zero-order valence-electron chi connectivity index (χ0n) is 9.38.